The Bertz CT molecular complexity index is 806. The van der Waals surface area contributed by atoms with Crippen LogP contribution in [0, 0.1) is 5.92 Å². The maximum atomic E-state index is 12.6. The van der Waals surface area contributed by atoms with E-state index in [1.807, 2.05) is 35.7 Å². The number of rotatable bonds is 5. The molecule has 3 aromatic rings. The first-order valence-electron chi connectivity index (χ1n) is 7.59. The quantitative estimate of drug-likeness (QED) is 0.731. The van der Waals surface area contributed by atoms with Gasteiger partial charge in [-0.2, -0.15) is 0 Å². The molecule has 2 aromatic heterocycles. The highest BCUT2D eigenvalue weighted by atomic mass is 32.1. The fraction of sp³-hybridized carbons (Fsp3) is 0.278. The van der Waals surface area contributed by atoms with E-state index in [1.54, 1.807) is 18.4 Å². The molecule has 1 aromatic carbocycles. The van der Waals surface area contributed by atoms with Crippen LogP contribution in [0.15, 0.2) is 41.8 Å². The molecule has 0 spiro atoms. The molecular weight excluding hydrogens is 308 g/mol. The van der Waals surface area contributed by atoms with E-state index >= 15 is 0 Å². The molecule has 0 aliphatic heterocycles. The Hall–Kier alpha value is -2.27. The van der Waals surface area contributed by atoms with Gasteiger partial charge in [-0.25, -0.2) is 0 Å². The zero-order valence-corrected chi connectivity index (χ0v) is 14.2. The summed E-state index contributed by atoms with van der Waals surface area (Å²) in [7, 11) is 1.63. The summed E-state index contributed by atoms with van der Waals surface area (Å²) in [5.74, 6) is 0.999. The summed E-state index contributed by atoms with van der Waals surface area (Å²) in [6, 6.07) is 11.7. The van der Waals surface area contributed by atoms with Gasteiger partial charge in [0.15, 0.2) is 0 Å². The molecule has 0 saturated carbocycles. The molecule has 0 unspecified atom stereocenters. The van der Waals surface area contributed by atoms with E-state index in [0.717, 1.165) is 16.7 Å². The minimum Gasteiger partial charge on any atom is -0.497 e. The van der Waals surface area contributed by atoms with E-state index < -0.39 is 0 Å². The first-order valence-corrected chi connectivity index (χ1v) is 8.47. The molecule has 3 rings (SSSR count). The van der Waals surface area contributed by atoms with Crippen molar-refractivity contribution >= 4 is 28.1 Å². The normalized spacial score (nSPS) is 12.5. The van der Waals surface area contributed by atoms with E-state index in [1.165, 1.54) is 4.88 Å². The summed E-state index contributed by atoms with van der Waals surface area (Å²) in [6.45, 7) is 4.22. The summed E-state index contributed by atoms with van der Waals surface area (Å²) < 4.78 is 5.22. The fourth-order valence-electron chi connectivity index (χ4n) is 2.61. The van der Waals surface area contributed by atoms with Crippen molar-refractivity contribution in [3.8, 4) is 5.75 Å². The van der Waals surface area contributed by atoms with Crippen LogP contribution < -0.4 is 10.1 Å². The Morgan fingerprint density at radius 3 is 2.74 bits per heavy atom. The molecule has 120 valence electrons. The van der Waals surface area contributed by atoms with E-state index in [2.05, 4.69) is 30.2 Å². The number of nitrogens with one attached hydrogen (secondary N) is 2. The van der Waals surface area contributed by atoms with Gasteiger partial charge in [-0.05, 0) is 35.6 Å². The van der Waals surface area contributed by atoms with Crippen LogP contribution in [0.4, 0.5) is 0 Å². The third kappa shape index (κ3) is 3.24. The molecule has 0 aliphatic carbocycles. The molecule has 0 radical (unpaired) electrons. The SMILES string of the molecule is COc1ccc2cc(C(=O)N[C@@H](c3cccs3)C(C)C)[nH]c2c1. The fourth-order valence-corrected chi connectivity index (χ4v) is 3.56. The standard InChI is InChI=1S/C18H20N2O2S/c1-11(2)17(16-5-4-8-23-16)20-18(21)15-9-12-6-7-13(22-3)10-14(12)19-15/h4-11,17,19H,1-3H3,(H,20,21)/t17-/m1/s1. The van der Waals surface area contributed by atoms with Gasteiger partial charge in [0.1, 0.15) is 11.4 Å². The lowest BCUT2D eigenvalue weighted by molar-refractivity contribution is 0.0922. The Kier molecular flexibility index (Phi) is 4.39. The third-order valence-corrected chi connectivity index (χ3v) is 4.83. The molecule has 0 fully saturated rings. The van der Waals surface area contributed by atoms with Crippen molar-refractivity contribution in [1.82, 2.24) is 10.3 Å². The first-order chi connectivity index (χ1) is 11.1. The highest BCUT2D eigenvalue weighted by Crippen LogP contribution is 2.27. The monoisotopic (exact) mass is 328 g/mol. The second kappa shape index (κ2) is 6.46. The van der Waals surface area contributed by atoms with Gasteiger partial charge in [-0.3, -0.25) is 4.79 Å². The van der Waals surface area contributed by atoms with Gasteiger partial charge in [-0.1, -0.05) is 19.9 Å². The zero-order valence-electron chi connectivity index (χ0n) is 13.4. The van der Waals surface area contributed by atoms with Crippen molar-refractivity contribution in [2.24, 2.45) is 5.92 Å². The molecule has 0 saturated heterocycles. The van der Waals surface area contributed by atoms with Crippen molar-refractivity contribution in [1.29, 1.82) is 0 Å². The number of fused-ring (bicyclic) bond motifs is 1. The van der Waals surface area contributed by atoms with E-state index in [9.17, 15) is 4.79 Å². The summed E-state index contributed by atoms with van der Waals surface area (Å²) in [4.78, 5) is 17.0. The number of hydrogen-bond acceptors (Lipinski definition) is 3. The average molecular weight is 328 g/mol. The smallest absolute Gasteiger partial charge is 0.268 e. The number of carbonyl (C=O) groups excluding carboxylic acids is 1. The van der Waals surface area contributed by atoms with Crippen molar-refractivity contribution in [3.05, 3.63) is 52.3 Å². The number of ether oxygens (including phenoxy) is 1. The Balaban J connectivity index is 1.84. The lowest BCUT2D eigenvalue weighted by atomic mass is 10.0. The number of methoxy groups -OCH3 is 1. The minimum atomic E-state index is -0.0905. The summed E-state index contributed by atoms with van der Waals surface area (Å²) >= 11 is 1.67. The number of amides is 1. The summed E-state index contributed by atoms with van der Waals surface area (Å²) in [5, 5.41) is 6.16. The lowest BCUT2D eigenvalue weighted by Gasteiger charge is -2.20. The van der Waals surface area contributed by atoms with Gasteiger partial charge in [0.25, 0.3) is 5.91 Å². The molecule has 1 amide bonds. The molecule has 2 N–H and O–H groups in total. The van der Waals surface area contributed by atoms with E-state index in [-0.39, 0.29) is 11.9 Å². The highest BCUT2D eigenvalue weighted by molar-refractivity contribution is 7.10. The van der Waals surface area contributed by atoms with Crippen LogP contribution in [-0.4, -0.2) is 18.0 Å². The molecule has 0 aliphatic rings. The Labute approximate surface area is 139 Å². The van der Waals surface area contributed by atoms with Gasteiger partial charge in [0.05, 0.1) is 13.2 Å². The third-order valence-electron chi connectivity index (χ3n) is 3.88. The van der Waals surface area contributed by atoms with Crippen molar-refractivity contribution < 1.29 is 9.53 Å². The minimum absolute atomic E-state index is 0.0171. The summed E-state index contributed by atoms with van der Waals surface area (Å²) in [6.07, 6.45) is 0. The van der Waals surface area contributed by atoms with Crippen LogP contribution >= 0.6 is 11.3 Å². The van der Waals surface area contributed by atoms with Gasteiger partial charge in [0.2, 0.25) is 0 Å². The second-order valence-electron chi connectivity index (χ2n) is 5.85. The number of hydrogen-bond donors (Lipinski definition) is 2. The molecule has 5 heteroatoms. The number of thiophene rings is 1. The van der Waals surface area contributed by atoms with Crippen molar-refractivity contribution in [2.75, 3.05) is 7.11 Å². The number of aromatic nitrogens is 1. The predicted octanol–water partition coefficient (Wildman–Crippen LogP) is 4.37. The van der Waals surface area contributed by atoms with Gasteiger partial charge in [0, 0.05) is 21.8 Å². The lowest BCUT2D eigenvalue weighted by Crippen LogP contribution is -2.31. The number of benzene rings is 1. The number of H-pyrrole nitrogens is 1. The molecule has 0 bridgehead atoms. The number of carbonyl (C=O) groups is 1. The Morgan fingerprint density at radius 2 is 2.09 bits per heavy atom. The van der Waals surface area contributed by atoms with Crippen molar-refractivity contribution in [3.63, 3.8) is 0 Å². The maximum Gasteiger partial charge on any atom is 0.268 e. The molecule has 1 atom stereocenters. The van der Waals surface area contributed by atoms with Crippen molar-refractivity contribution in [2.45, 2.75) is 19.9 Å². The van der Waals surface area contributed by atoms with Gasteiger partial charge in [-0.15, -0.1) is 11.3 Å². The number of aromatic amines is 1. The largest absolute Gasteiger partial charge is 0.497 e. The molecule has 2 heterocycles. The molecule has 23 heavy (non-hydrogen) atoms. The van der Waals surface area contributed by atoms with E-state index in [4.69, 9.17) is 4.74 Å². The summed E-state index contributed by atoms with van der Waals surface area (Å²) in [5.41, 5.74) is 1.46. The average Bonchev–Trinajstić information content (AvgIpc) is 3.20. The van der Waals surface area contributed by atoms with Crippen LogP contribution in [0.25, 0.3) is 10.9 Å². The van der Waals surface area contributed by atoms with Crippen LogP contribution in [0.2, 0.25) is 0 Å². The topological polar surface area (TPSA) is 54.1 Å². The van der Waals surface area contributed by atoms with E-state index in [0.29, 0.717) is 11.6 Å². The van der Waals surface area contributed by atoms with Crippen LogP contribution in [0.3, 0.4) is 0 Å². The van der Waals surface area contributed by atoms with Crippen LogP contribution in [0.1, 0.15) is 35.3 Å². The highest BCUT2D eigenvalue weighted by Gasteiger charge is 2.21. The van der Waals surface area contributed by atoms with Crippen LogP contribution in [-0.2, 0) is 0 Å². The van der Waals surface area contributed by atoms with Crippen LogP contribution in [0.5, 0.6) is 5.75 Å². The maximum absolute atomic E-state index is 12.6. The zero-order chi connectivity index (χ0) is 16.4. The molecule has 4 nitrogen and oxygen atoms in total. The van der Waals surface area contributed by atoms with Gasteiger partial charge >= 0.3 is 0 Å². The Morgan fingerprint density at radius 1 is 1.26 bits per heavy atom. The molecular formula is C18H20N2O2S. The second-order valence-corrected chi connectivity index (χ2v) is 6.83. The van der Waals surface area contributed by atoms with Gasteiger partial charge < -0.3 is 15.0 Å². The predicted molar refractivity (Wildman–Crippen MR) is 94.2 cm³/mol. The first kappa shape index (κ1) is 15.6.